The minimum absolute atomic E-state index is 0.0341. The molecule has 3 heterocycles. The Bertz CT molecular complexity index is 1050. The van der Waals surface area contributed by atoms with Crippen molar-refractivity contribution in [2.75, 3.05) is 7.11 Å². The van der Waals surface area contributed by atoms with Gasteiger partial charge in [-0.15, -0.1) is 11.3 Å². The summed E-state index contributed by atoms with van der Waals surface area (Å²) >= 11 is 1.40. The Labute approximate surface area is 145 Å². The molecule has 0 atom stereocenters. The molecule has 0 aliphatic heterocycles. The summed E-state index contributed by atoms with van der Waals surface area (Å²) < 4.78 is 12.9. The van der Waals surface area contributed by atoms with Crippen LogP contribution in [0.1, 0.15) is 5.89 Å². The monoisotopic (exact) mass is 356 g/mol. The molecule has 4 aromatic rings. The van der Waals surface area contributed by atoms with E-state index in [0.717, 1.165) is 0 Å². The smallest absolute Gasteiger partial charge is 0.369 e. The predicted octanol–water partition coefficient (Wildman–Crippen LogP) is 1.60. The molecule has 0 saturated heterocycles. The van der Waals surface area contributed by atoms with Crippen molar-refractivity contribution in [2.45, 2.75) is 6.54 Å². The molecule has 126 valence electrons. The van der Waals surface area contributed by atoms with E-state index in [1.165, 1.54) is 20.7 Å². The van der Waals surface area contributed by atoms with Crippen molar-refractivity contribution >= 4 is 11.3 Å². The molecule has 0 spiro atoms. The van der Waals surface area contributed by atoms with Crippen LogP contribution in [0.2, 0.25) is 0 Å². The SMILES string of the molecule is COc1ccccc1-c1noc(Cn2nnn(-c3cccs3)c2=O)n1. The summed E-state index contributed by atoms with van der Waals surface area (Å²) in [4.78, 5) is 16.7. The third kappa shape index (κ3) is 2.83. The van der Waals surface area contributed by atoms with E-state index >= 15 is 0 Å². The molecule has 0 radical (unpaired) electrons. The minimum Gasteiger partial charge on any atom is -0.496 e. The lowest BCUT2D eigenvalue weighted by molar-refractivity contribution is 0.362. The van der Waals surface area contributed by atoms with Gasteiger partial charge >= 0.3 is 5.69 Å². The molecule has 9 nitrogen and oxygen atoms in total. The van der Waals surface area contributed by atoms with E-state index in [-0.39, 0.29) is 18.1 Å². The van der Waals surface area contributed by atoms with Crippen molar-refractivity contribution in [1.29, 1.82) is 0 Å². The Morgan fingerprint density at radius 3 is 2.88 bits per heavy atom. The standard InChI is InChI=1S/C15H12N6O3S/c1-23-11-6-3-2-5-10(11)14-16-12(24-17-14)9-20-15(22)21(19-18-20)13-7-4-8-25-13/h2-8H,9H2,1H3. The summed E-state index contributed by atoms with van der Waals surface area (Å²) in [6.07, 6.45) is 0. The van der Waals surface area contributed by atoms with E-state index in [1.807, 2.05) is 35.7 Å². The Kier molecular flexibility index (Phi) is 3.86. The first-order valence-electron chi connectivity index (χ1n) is 7.29. The first-order valence-corrected chi connectivity index (χ1v) is 8.17. The Morgan fingerprint density at radius 1 is 1.20 bits per heavy atom. The zero-order chi connectivity index (χ0) is 17.2. The van der Waals surface area contributed by atoms with Crippen LogP contribution < -0.4 is 10.4 Å². The second-order valence-electron chi connectivity index (χ2n) is 4.99. The molecular formula is C15H12N6O3S. The van der Waals surface area contributed by atoms with Crippen LogP contribution in [0.4, 0.5) is 0 Å². The molecule has 0 saturated carbocycles. The van der Waals surface area contributed by atoms with Gasteiger partial charge in [-0.3, -0.25) is 0 Å². The molecule has 0 fully saturated rings. The van der Waals surface area contributed by atoms with Gasteiger partial charge in [0.05, 0.1) is 12.7 Å². The lowest BCUT2D eigenvalue weighted by Crippen LogP contribution is -2.24. The topological polar surface area (TPSA) is 101 Å². The van der Waals surface area contributed by atoms with Crippen LogP contribution in [-0.4, -0.2) is 37.0 Å². The van der Waals surface area contributed by atoms with Crippen molar-refractivity contribution in [1.82, 2.24) is 29.9 Å². The first kappa shape index (κ1) is 15.3. The third-order valence-electron chi connectivity index (χ3n) is 3.46. The van der Waals surface area contributed by atoms with E-state index in [4.69, 9.17) is 9.26 Å². The number of aromatic nitrogens is 6. The summed E-state index contributed by atoms with van der Waals surface area (Å²) in [6.45, 7) is 0.0341. The predicted molar refractivity (Wildman–Crippen MR) is 88.9 cm³/mol. The summed E-state index contributed by atoms with van der Waals surface area (Å²) in [5, 5.41) is 14.2. The van der Waals surface area contributed by atoms with Gasteiger partial charge in [0.25, 0.3) is 0 Å². The highest BCUT2D eigenvalue weighted by atomic mass is 32.1. The van der Waals surface area contributed by atoms with E-state index in [9.17, 15) is 4.79 Å². The fraction of sp³-hybridized carbons (Fsp3) is 0.133. The van der Waals surface area contributed by atoms with Crippen molar-refractivity contribution in [3.05, 3.63) is 58.2 Å². The number of rotatable bonds is 5. The summed E-state index contributed by atoms with van der Waals surface area (Å²) in [5.41, 5.74) is 0.328. The maximum absolute atomic E-state index is 12.3. The number of methoxy groups -OCH3 is 1. The number of benzene rings is 1. The van der Waals surface area contributed by atoms with Gasteiger partial charge in [-0.1, -0.05) is 17.3 Å². The Morgan fingerprint density at radius 2 is 2.08 bits per heavy atom. The van der Waals surface area contributed by atoms with Gasteiger partial charge in [0, 0.05) is 0 Å². The lowest BCUT2D eigenvalue weighted by atomic mass is 10.2. The van der Waals surface area contributed by atoms with Gasteiger partial charge in [0.2, 0.25) is 11.7 Å². The molecule has 0 unspecified atom stereocenters. The number of para-hydroxylation sites is 1. The maximum Gasteiger partial charge on any atom is 0.369 e. The number of thiophene rings is 1. The molecule has 0 aliphatic carbocycles. The van der Waals surface area contributed by atoms with Crippen molar-refractivity contribution < 1.29 is 9.26 Å². The zero-order valence-electron chi connectivity index (χ0n) is 13.1. The molecule has 10 heteroatoms. The van der Waals surface area contributed by atoms with Crippen LogP contribution in [0, 0.1) is 0 Å². The number of ether oxygens (including phenoxy) is 1. The Hall–Kier alpha value is -3.27. The number of tetrazole rings is 1. The van der Waals surface area contributed by atoms with E-state index < -0.39 is 0 Å². The van der Waals surface area contributed by atoms with Gasteiger partial charge in [0.15, 0.2) is 0 Å². The maximum atomic E-state index is 12.3. The third-order valence-corrected chi connectivity index (χ3v) is 4.30. The normalized spacial score (nSPS) is 10.9. The fourth-order valence-corrected chi connectivity index (χ4v) is 2.96. The van der Waals surface area contributed by atoms with Crippen molar-refractivity contribution in [3.63, 3.8) is 0 Å². The van der Waals surface area contributed by atoms with Crippen LogP contribution in [0.5, 0.6) is 5.75 Å². The molecule has 0 aliphatic rings. The van der Waals surface area contributed by atoms with E-state index in [2.05, 4.69) is 20.6 Å². The van der Waals surface area contributed by atoms with Gasteiger partial charge in [-0.05, 0) is 40.1 Å². The van der Waals surface area contributed by atoms with Gasteiger partial charge < -0.3 is 9.26 Å². The quantitative estimate of drug-likeness (QED) is 0.535. The van der Waals surface area contributed by atoms with Crippen molar-refractivity contribution in [2.24, 2.45) is 0 Å². The van der Waals surface area contributed by atoms with Crippen LogP contribution >= 0.6 is 11.3 Å². The first-order chi connectivity index (χ1) is 12.3. The molecule has 0 bridgehead atoms. The highest BCUT2D eigenvalue weighted by molar-refractivity contribution is 7.12. The molecular weight excluding hydrogens is 344 g/mol. The average Bonchev–Trinajstić information content (AvgIpc) is 3.38. The fourth-order valence-electron chi connectivity index (χ4n) is 2.29. The largest absolute Gasteiger partial charge is 0.496 e. The lowest BCUT2D eigenvalue weighted by Gasteiger charge is -2.02. The summed E-state index contributed by atoms with van der Waals surface area (Å²) in [6, 6.07) is 11.0. The van der Waals surface area contributed by atoms with Crippen LogP contribution in [0.25, 0.3) is 16.4 Å². The summed E-state index contributed by atoms with van der Waals surface area (Å²) in [5.74, 6) is 1.27. The van der Waals surface area contributed by atoms with Gasteiger partial charge in [0.1, 0.15) is 17.3 Å². The zero-order valence-corrected chi connectivity index (χ0v) is 13.9. The molecule has 25 heavy (non-hydrogen) atoms. The Balaban J connectivity index is 1.61. The highest BCUT2D eigenvalue weighted by Crippen LogP contribution is 2.27. The van der Waals surface area contributed by atoms with Gasteiger partial charge in [-0.25, -0.2) is 4.79 Å². The van der Waals surface area contributed by atoms with Crippen LogP contribution in [-0.2, 0) is 6.54 Å². The minimum atomic E-state index is -0.375. The van der Waals surface area contributed by atoms with Crippen LogP contribution in [0.15, 0.2) is 51.1 Å². The highest BCUT2D eigenvalue weighted by Gasteiger charge is 2.16. The number of hydrogen-bond acceptors (Lipinski definition) is 8. The number of nitrogens with zero attached hydrogens (tertiary/aromatic N) is 6. The van der Waals surface area contributed by atoms with Gasteiger partial charge in [-0.2, -0.15) is 14.3 Å². The van der Waals surface area contributed by atoms with Crippen molar-refractivity contribution in [3.8, 4) is 22.1 Å². The van der Waals surface area contributed by atoms with Crippen LogP contribution in [0.3, 0.4) is 0 Å². The summed E-state index contributed by atoms with van der Waals surface area (Å²) in [7, 11) is 1.57. The second-order valence-corrected chi connectivity index (χ2v) is 5.92. The molecule has 3 aromatic heterocycles. The average molecular weight is 356 g/mol. The van der Waals surface area contributed by atoms with E-state index in [0.29, 0.717) is 22.1 Å². The molecule has 1 aromatic carbocycles. The molecule has 0 amide bonds. The molecule has 0 N–H and O–H groups in total. The molecule has 4 rings (SSSR count). The second kappa shape index (κ2) is 6.32. The number of hydrogen-bond donors (Lipinski definition) is 0. The van der Waals surface area contributed by atoms with E-state index in [1.54, 1.807) is 13.2 Å².